The molecule has 8 heteroatoms. The Morgan fingerprint density at radius 1 is 1.30 bits per heavy atom. The Balaban J connectivity index is 1.65. The summed E-state index contributed by atoms with van der Waals surface area (Å²) in [5.74, 6) is 0.450. The fourth-order valence-corrected chi connectivity index (χ4v) is 3.22. The number of aliphatic hydroxyl groups is 1. The molecular formula is C19H20Cl2N2O4. The van der Waals surface area contributed by atoms with E-state index in [0.29, 0.717) is 53.3 Å². The van der Waals surface area contributed by atoms with Gasteiger partial charge >= 0.3 is 0 Å². The van der Waals surface area contributed by atoms with E-state index in [4.69, 9.17) is 32.7 Å². The summed E-state index contributed by atoms with van der Waals surface area (Å²) in [6.45, 7) is 1.24. The highest BCUT2D eigenvalue weighted by Crippen LogP contribution is 2.34. The number of benzene rings is 1. The van der Waals surface area contributed by atoms with Crippen LogP contribution >= 0.6 is 23.2 Å². The second-order valence-corrected chi connectivity index (χ2v) is 7.32. The number of nitrogens with zero attached hydrogens (tertiary/aromatic N) is 2. The summed E-state index contributed by atoms with van der Waals surface area (Å²) >= 11 is 12.1. The van der Waals surface area contributed by atoms with Gasteiger partial charge in [0.25, 0.3) is 5.91 Å². The molecule has 0 atom stereocenters. The molecule has 2 aromatic rings. The van der Waals surface area contributed by atoms with E-state index in [1.165, 1.54) is 11.1 Å². The molecule has 1 aliphatic heterocycles. The molecule has 1 saturated heterocycles. The first kappa shape index (κ1) is 19.9. The van der Waals surface area contributed by atoms with Crippen LogP contribution in [0.15, 0.2) is 36.5 Å². The molecule has 1 aromatic heterocycles. The van der Waals surface area contributed by atoms with E-state index in [-0.39, 0.29) is 12.5 Å². The first-order valence-electron chi connectivity index (χ1n) is 8.51. The number of hydrogen-bond acceptors (Lipinski definition) is 5. The molecule has 3 rings (SSSR count). The molecule has 0 unspecified atom stereocenters. The Labute approximate surface area is 167 Å². The molecule has 144 valence electrons. The van der Waals surface area contributed by atoms with Gasteiger partial charge in [-0.25, -0.2) is 4.98 Å². The van der Waals surface area contributed by atoms with E-state index in [1.807, 2.05) is 0 Å². The van der Waals surface area contributed by atoms with Crippen LogP contribution in [0.2, 0.25) is 10.0 Å². The van der Waals surface area contributed by atoms with Gasteiger partial charge in [-0.15, -0.1) is 0 Å². The molecule has 0 aliphatic carbocycles. The fraction of sp³-hybridized carbons (Fsp3) is 0.368. The van der Waals surface area contributed by atoms with Crippen molar-refractivity contribution in [1.29, 1.82) is 0 Å². The molecule has 0 bridgehead atoms. The largest absolute Gasteiger partial charge is 0.437 e. The van der Waals surface area contributed by atoms with E-state index in [9.17, 15) is 9.90 Å². The minimum atomic E-state index is -0.914. The van der Waals surface area contributed by atoms with Gasteiger partial charge in [-0.2, -0.15) is 0 Å². The lowest BCUT2D eigenvalue weighted by Crippen LogP contribution is -2.47. The highest BCUT2D eigenvalue weighted by atomic mass is 35.5. The summed E-state index contributed by atoms with van der Waals surface area (Å²) in [6.07, 6.45) is 2.45. The average Bonchev–Trinajstić information content (AvgIpc) is 2.66. The van der Waals surface area contributed by atoms with Crippen molar-refractivity contribution in [2.45, 2.75) is 18.4 Å². The van der Waals surface area contributed by atoms with Crippen molar-refractivity contribution in [2.75, 3.05) is 26.8 Å². The van der Waals surface area contributed by atoms with Crippen molar-refractivity contribution in [1.82, 2.24) is 9.88 Å². The summed E-state index contributed by atoms with van der Waals surface area (Å²) in [6, 6.07) is 8.26. The lowest BCUT2D eigenvalue weighted by atomic mass is 9.94. The Morgan fingerprint density at radius 2 is 2.04 bits per heavy atom. The SMILES string of the molecule is CN(CC1(O)CCOCC1)C(=O)c1ccc(Oc2cccc(Cl)c2Cl)nc1. The predicted molar refractivity (Wildman–Crippen MR) is 103 cm³/mol. The number of aromatic nitrogens is 1. The summed E-state index contributed by atoms with van der Waals surface area (Å²) in [5, 5.41) is 11.2. The third-order valence-corrected chi connectivity index (χ3v) is 5.22. The number of carbonyl (C=O) groups is 1. The summed E-state index contributed by atoms with van der Waals surface area (Å²) in [7, 11) is 1.66. The number of rotatable bonds is 5. The number of likely N-dealkylation sites (N-methyl/N-ethyl adjacent to an activating group) is 1. The molecule has 0 saturated carbocycles. The fourth-order valence-electron chi connectivity index (χ4n) is 2.89. The molecule has 1 amide bonds. The number of halogens is 2. The second-order valence-electron chi connectivity index (χ2n) is 6.54. The molecule has 6 nitrogen and oxygen atoms in total. The maximum absolute atomic E-state index is 12.6. The molecule has 27 heavy (non-hydrogen) atoms. The summed E-state index contributed by atoms with van der Waals surface area (Å²) in [4.78, 5) is 18.2. The van der Waals surface area contributed by atoms with Gasteiger partial charge in [0, 0.05) is 51.9 Å². The molecule has 0 radical (unpaired) electrons. The van der Waals surface area contributed by atoms with E-state index >= 15 is 0 Å². The van der Waals surface area contributed by atoms with Crippen molar-refractivity contribution in [3.8, 4) is 11.6 Å². The maximum Gasteiger partial charge on any atom is 0.255 e. The van der Waals surface area contributed by atoms with Crippen LogP contribution in [-0.2, 0) is 4.74 Å². The molecule has 1 fully saturated rings. The zero-order valence-corrected chi connectivity index (χ0v) is 16.3. The van der Waals surface area contributed by atoms with Gasteiger partial charge in [0.1, 0.15) is 10.8 Å². The molecular weight excluding hydrogens is 391 g/mol. The number of carbonyl (C=O) groups excluding carboxylic acids is 1. The number of hydrogen-bond donors (Lipinski definition) is 1. The van der Waals surface area contributed by atoms with Crippen LogP contribution in [0.1, 0.15) is 23.2 Å². The monoisotopic (exact) mass is 410 g/mol. The summed E-state index contributed by atoms with van der Waals surface area (Å²) in [5.41, 5.74) is -0.514. The van der Waals surface area contributed by atoms with Gasteiger partial charge in [0.05, 0.1) is 16.2 Å². The molecule has 0 spiro atoms. The van der Waals surface area contributed by atoms with Crippen molar-refractivity contribution in [2.24, 2.45) is 0 Å². The van der Waals surface area contributed by atoms with Crippen LogP contribution in [0.4, 0.5) is 0 Å². The number of pyridine rings is 1. The van der Waals surface area contributed by atoms with Crippen LogP contribution < -0.4 is 4.74 Å². The van der Waals surface area contributed by atoms with E-state index in [2.05, 4.69) is 4.98 Å². The van der Waals surface area contributed by atoms with E-state index in [1.54, 1.807) is 37.4 Å². The Hall–Kier alpha value is -1.86. The smallest absolute Gasteiger partial charge is 0.255 e. The van der Waals surface area contributed by atoms with Gasteiger partial charge < -0.3 is 19.5 Å². The van der Waals surface area contributed by atoms with Gasteiger partial charge in [-0.05, 0) is 18.2 Å². The first-order chi connectivity index (χ1) is 12.9. The third-order valence-electron chi connectivity index (χ3n) is 4.42. The van der Waals surface area contributed by atoms with Crippen molar-refractivity contribution in [3.63, 3.8) is 0 Å². The van der Waals surface area contributed by atoms with Crippen molar-refractivity contribution < 1.29 is 19.4 Å². The van der Waals surface area contributed by atoms with E-state index < -0.39 is 5.60 Å². The lowest BCUT2D eigenvalue weighted by Gasteiger charge is -2.35. The summed E-state index contributed by atoms with van der Waals surface area (Å²) < 4.78 is 10.9. The van der Waals surface area contributed by atoms with Gasteiger partial charge in [-0.1, -0.05) is 29.3 Å². The topological polar surface area (TPSA) is 71.9 Å². The van der Waals surface area contributed by atoms with Crippen LogP contribution in [0.25, 0.3) is 0 Å². The van der Waals surface area contributed by atoms with Crippen molar-refractivity contribution >= 4 is 29.1 Å². The molecule has 1 aliphatic rings. The van der Waals surface area contributed by atoms with Crippen LogP contribution in [0.5, 0.6) is 11.6 Å². The zero-order chi connectivity index (χ0) is 19.4. The predicted octanol–water partition coefficient (Wildman–Crippen LogP) is 3.79. The normalized spacial score (nSPS) is 16.0. The minimum Gasteiger partial charge on any atom is -0.437 e. The molecule has 1 aromatic carbocycles. The van der Waals surface area contributed by atoms with Gasteiger partial charge in [0.15, 0.2) is 0 Å². The Bertz CT molecular complexity index is 808. The van der Waals surface area contributed by atoms with Crippen LogP contribution in [0.3, 0.4) is 0 Å². The van der Waals surface area contributed by atoms with Gasteiger partial charge in [0.2, 0.25) is 5.88 Å². The minimum absolute atomic E-state index is 0.227. The quantitative estimate of drug-likeness (QED) is 0.811. The van der Waals surface area contributed by atoms with Crippen molar-refractivity contribution in [3.05, 3.63) is 52.1 Å². The van der Waals surface area contributed by atoms with E-state index in [0.717, 1.165) is 0 Å². The molecule has 1 N–H and O–H groups in total. The highest BCUT2D eigenvalue weighted by Gasteiger charge is 2.32. The third kappa shape index (κ3) is 4.90. The number of amides is 1. The van der Waals surface area contributed by atoms with Gasteiger partial charge in [-0.3, -0.25) is 4.79 Å². The average molecular weight is 411 g/mol. The second kappa shape index (κ2) is 8.44. The molecule has 2 heterocycles. The Kier molecular flexibility index (Phi) is 6.22. The maximum atomic E-state index is 12.6. The first-order valence-corrected chi connectivity index (χ1v) is 9.27. The highest BCUT2D eigenvalue weighted by molar-refractivity contribution is 6.42. The zero-order valence-electron chi connectivity index (χ0n) is 14.8. The standard InChI is InChI=1S/C19H20Cl2N2O4/c1-23(12-19(25)7-9-26-10-8-19)18(24)13-5-6-16(22-11-13)27-15-4-2-3-14(20)17(15)21/h2-6,11,25H,7-10,12H2,1H3. The van der Waals surface area contributed by atoms with Crippen LogP contribution in [0, 0.1) is 0 Å². The number of ether oxygens (including phenoxy) is 2. The Morgan fingerprint density at radius 3 is 2.70 bits per heavy atom. The lowest BCUT2D eigenvalue weighted by molar-refractivity contribution is -0.0734. The van der Waals surface area contributed by atoms with Crippen LogP contribution in [-0.4, -0.2) is 53.3 Å².